The van der Waals surface area contributed by atoms with Gasteiger partial charge in [-0.3, -0.25) is 4.79 Å². The van der Waals surface area contributed by atoms with Crippen LogP contribution in [-0.4, -0.2) is 12.6 Å². The number of halogens is 2. The summed E-state index contributed by atoms with van der Waals surface area (Å²) >= 11 is 9.15. The van der Waals surface area contributed by atoms with Crippen molar-refractivity contribution in [2.75, 3.05) is 12.0 Å². The molecule has 0 fully saturated rings. The van der Waals surface area contributed by atoms with Crippen molar-refractivity contribution < 1.29 is 4.79 Å². The number of benzene rings is 1. The van der Waals surface area contributed by atoms with Crippen LogP contribution in [0.4, 0.5) is 5.69 Å². The largest absolute Gasteiger partial charge is 0.367 e. The van der Waals surface area contributed by atoms with Gasteiger partial charge in [-0.2, -0.15) is 0 Å². The number of anilines is 1. The Morgan fingerprint density at radius 3 is 2.92 bits per heavy atom. The van der Waals surface area contributed by atoms with Crippen LogP contribution >= 0.6 is 27.5 Å². The maximum absolute atomic E-state index is 11.3. The van der Waals surface area contributed by atoms with E-state index in [1.165, 1.54) is 0 Å². The summed E-state index contributed by atoms with van der Waals surface area (Å²) in [4.78, 5) is 11.3. The van der Waals surface area contributed by atoms with E-state index in [4.69, 9.17) is 11.6 Å². The summed E-state index contributed by atoms with van der Waals surface area (Å²) in [5, 5.41) is 6.24. The van der Waals surface area contributed by atoms with E-state index in [1.807, 2.05) is 0 Å². The zero-order valence-electron chi connectivity index (χ0n) is 6.53. The normalized spacial score (nSPS) is 14.5. The molecule has 0 aromatic heterocycles. The van der Waals surface area contributed by atoms with E-state index in [2.05, 4.69) is 26.6 Å². The SMILES string of the molecule is O=C1NCNc2cc(Br)c(Cl)cc21. The van der Waals surface area contributed by atoms with Gasteiger partial charge in [0.05, 0.1) is 17.3 Å². The standard InChI is InChI=1S/C8H6BrClN2O/c9-5-2-7-4(1-6(5)10)8(13)12-3-11-7/h1-2,11H,3H2,(H,12,13). The second-order valence-corrected chi connectivity index (χ2v) is 3.93. The number of hydrogen-bond donors (Lipinski definition) is 2. The molecule has 0 bridgehead atoms. The Labute approximate surface area is 88.6 Å². The highest BCUT2D eigenvalue weighted by molar-refractivity contribution is 9.10. The Morgan fingerprint density at radius 2 is 2.15 bits per heavy atom. The van der Waals surface area contributed by atoms with E-state index in [1.54, 1.807) is 12.1 Å². The van der Waals surface area contributed by atoms with E-state index in [0.717, 1.165) is 10.2 Å². The van der Waals surface area contributed by atoms with E-state index in [-0.39, 0.29) is 5.91 Å². The molecule has 3 nitrogen and oxygen atoms in total. The van der Waals surface area contributed by atoms with Crippen LogP contribution in [-0.2, 0) is 0 Å². The predicted molar refractivity (Wildman–Crippen MR) is 55.1 cm³/mol. The van der Waals surface area contributed by atoms with Crippen molar-refractivity contribution in [1.82, 2.24) is 5.32 Å². The summed E-state index contributed by atoms with van der Waals surface area (Å²) in [5.74, 6) is -0.0943. The molecule has 1 amide bonds. The zero-order valence-corrected chi connectivity index (χ0v) is 8.87. The van der Waals surface area contributed by atoms with Gasteiger partial charge in [0, 0.05) is 10.2 Å². The van der Waals surface area contributed by atoms with Gasteiger partial charge in [0.2, 0.25) is 0 Å². The Balaban J connectivity index is 2.58. The van der Waals surface area contributed by atoms with Crippen LogP contribution in [0.3, 0.4) is 0 Å². The number of carbonyl (C=O) groups excluding carboxylic acids is 1. The molecule has 0 atom stereocenters. The molecule has 0 saturated heterocycles. The Hall–Kier alpha value is -0.740. The molecule has 1 aromatic rings. The van der Waals surface area contributed by atoms with Crippen LogP contribution in [0.1, 0.15) is 10.4 Å². The highest BCUT2D eigenvalue weighted by Crippen LogP contribution is 2.30. The van der Waals surface area contributed by atoms with E-state index < -0.39 is 0 Å². The summed E-state index contributed by atoms with van der Waals surface area (Å²) in [5.41, 5.74) is 1.39. The van der Waals surface area contributed by atoms with Crippen molar-refractivity contribution in [1.29, 1.82) is 0 Å². The van der Waals surface area contributed by atoms with Crippen LogP contribution in [0.15, 0.2) is 16.6 Å². The minimum Gasteiger partial charge on any atom is -0.367 e. The fourth-order valence-corrected chi connectivity index (χ4v) is 1.70. The fraction of sp³-hybridized carbons (Fsp3) is 0.125. The summed E-state index contributed by atoms with van der Waals surface area (Å²) in [6.07, 6.45) is 0. The first-order valence-electron chi connectivity index (χ1n) is 3.69. The maximum atomic E-state index is 11.3. The average Bonchev–Trinajstić information content (AvgIpc) is 2.09. The molecule has 0 spiro atoms. The molecular formula is C8H6BrClN2O. The third-order valence-electron chi connectivity index (χ3n) is 1.83. The second-order valence-electron chi connectivity index (χ2n) is 2.67. The first kappa shape index (κ1) is 8.84. The average molecular weight is 262 g/mol. The van der Waals surface area contributed by atoms with Gasteiger partial charge < -0.3 is 10.6 Å². The summed E-state index contributed by atoms with van der Waals surface area (Å²) in [6, 6.07) is 3.44. The van der Waals surface area contributed by atoms with Gasteiger partial charge in [-0.15, -0.1) is 0 Å². The molecule has 0 aliphatic carbocycles. The molecule has 0 radical (unpaired) electrons. The monoisotopic (exact) mass is 260 g/mol. The third-order valence-corrected chi connectivity index (χ3v) is 3.03. The van der Waals surface area contributed by atoms with Crippen LogP contribution < -0.4 is 10.6 Å². The van der Waals surface area contributed by atoms with Crippen molar-refractivity contribution in [3.63, 3.8) is 0 Å². The number of amides is 1. The second kappa shape index (κ2) is 3.20. The molecule has 2 rings (SSSR count). The van der Waals surface area contributed by atoms with Crippen molar-refractivity contribution >= 4 is 39.1 Å². The molecule has 68 valence electrons. The number of rotatable bonds is 0. The molecule has 13 heavy (non-hydrogen) atoms. The fourth-order valence-electron chi connectivity index (χ4n) is 1.20. The summed E-state index contributed by atoms with van der Waals surface area (Å²) < 4.78 is 0.787. The minimum absolute atomic E-state index is 0.0943. The lowest BCUT2D eigenvalue weighted by atomic mass is 10.1. The first-order chi connectivity index (χ1) is 6.18. The summed E-state index contributed by atoms with van der Waals surface area (Å²) in [6.45, 7) is 0.458. The number of nitrogens with one attached hydrogen (secondary N) is 2. The lowest BCUT2D eigenvalue weighted by Gasteiger charge is -2.18. The van der Waals surface area contributed by atoms with Gasteiger partial charge in [0.15, 0.2) is 0 Å². The topological polar surface area (TPSA) is 41.1 Å². The van der Waals surface area contributed by atoms with Gasteiger partial charge in [0.1, 0.15) is 0 Å². The molecule has 1 aliphatic heterocycles. The van der Waals surface area contributed by atoms with Crippen molar-refractivity contribution in [2.24, 2.45) is 0 Å². The van der Waals surface area contributed by atoms with Gasteiger partial charge >= 0.3 is 0 Å². The van der Waals surface area contributed by atoms with Crippen molar-refractivity contribution in [3.8, 4) is 0 Å². The van der Waals surface area contributed by atoms with E-state index >= 15 is 0 Å². The molecule has 1 aromatic carbocycles. The Bertz CT molecular complexity index is 381. The van der Waals surface area contributed by atoms with Gasteiger partial charge in [0.25, 0.3) is 5.91 Å². The Morgan fingerprint density at radius 1 is 1.38 bits per heavy atom. The first-order valence-corrected chi connectivity index (χ1v) is 4.86. The number of fused-ring (bicyclic) bond motifs is 1. The zero-order chi connectivity index (χ0) is 9.42. The smallest absolute Gasteiger partial charge is 0.254 e. The molecule has 1 heterocycles. The van der Waals surface area contributed by atoms with Gasteiger partial charge in [-0.25, -0.2) is 0 Å². The summed E-state index contributed by atoms with van der Waals surface area (Å²) in [7, 11) is 0. The van der Waals surface area contributed by atoms with Crippen LogP contribution in [0, 0.1) is 0 Å². The van der Waals surface area contributed by atoms with Crippen LogP contribution in [0.5, 0.6) is 0 Å². The maximum Gasteiger partial charge on any atom is 0.254 e. The highest BCUT2D eigenvalue weighted by atomic mass is 79.9. The van der Waals surface area contributed by atoms with Gasteiger partial charge in [-0.1, -0.05) is 11.6 Å². The Kier molecular flexibility index (Phi) is 2.17. The van der Waals surface area contributed by atoms with Crippen molar-refractivity contribution in [2.45, 2.75) is 0 Å². The van der Waals surface area contributed by atoms with Crippen LogP contribution in [0.25, 0.3) is 0 Å². The number of carbonyl (C=O) groups is 1. The molecule has 0 saturated carbocycles. The molecule has 0 unspecified atom stereocenters. The molecule has 2 N–H and O–H groups in total. The predicted octanol–water partition coefficient (Wildman–Crippen LogP) is 2.22. The highest BCUT2D eigenvalue weighted by Gasteiger charge is 2.17. The van der Waals surface area contributed by atoms with E-state index in [0.29, 0.717) is 17.3 Å². The molecule has 1 aliphatic rings. The van der Waals surface area contributed by atoms with E-state index in [9.17, 15) is 4.79 Å². The minimum atomic E-state index is -0.0943. The molecular weight excluding hydrogens is 255 g/mol. The van der Waals surface area contributed by atoms with Gasteiger partial charge in [-0.05, 0) is 28.1 Å². The third kappa shape index (κ3) is 1.51. The van der Waals surface area contributed by atoms with Crippen LogP contribution in [0.2, 0.25) is 5.02 Å². The quantitative estimate of drug-likeness (QED) is 0.752. The lowest BCUT2D eigenvalue weighted by Crippen LogP contribution is -2.34. The lowest BCUT2D eigenvalue weighted by molar-refractivity contribution is 0.0953. The molecule has 5 heteroatoms. The number of hydrogen-bond acceptors (Lipinski definition) is 2. The van der Waals surface area contributed by atoms with Crippen molar-refractivity contribution in [3.05, 3.63) is 27.2 Å².